The van der Waals surface area contributed by atoms with Gasteiger partial charge in [-0.15, -0.1) is 0 Å². The second-order valence-electron chi connectivity index (χ2n) is 5.42. The van der Waals surface area contributed by atoms with Crippen molar-refractivity contribution in [2.75, 3.05) is 11.9 Å². The lowest BCUT2D eigenvalue weighted by Gasteiger charge is -2.35. The number of rotatable bonds is 0. The van der Waals surface area contributed by atoms with Crippen LogP contribution in [-0.4, -0.2) is 20.2 Å². The Hall–Kier alpha value is -0.550. The Morgan fingerprint density at radius 2 is 2.00 bits per heavy atom. The SMILES string of the molecule is CC(C)(C)C1CNc2cc(Br)ccc2S1(=O)=O. The average Bonchev–Trinajstić information content (AvgIpc) is 2.14. The summed E-state index contributed by atoms with van der Waals surface area (Å²) in [5.41, 5.74) is 0.427. The predicted octanol–water partition coefficient (Wildman–Crippen LogP) is 3.06. The van der Waals surface area contributed by atoms with E-state index in [0.29, 0.717) is 17.1 Å². The van der Waals surface area contributed by atoms with Crippen molar-refractivity contribution in [2.45, 2.75) is 30.9 Å². The van der Waals surface area contributed by atoms with Crippen molar-refractivity contribution in [3.63, 3.8) is 0 Å². The first-order chi connectivity index (χ1) is 7.73. The van der Waals surface area contributed by atoms with Crippen LogP contribution >= 0.6 is 15.9 Å². The van der Waals surface area contributed by atoms with E-state index in [2.05, 4.69) is 21.2 Å². The van der Waals surface area contributed by atoms with E-state index < -0.39 is 9.84 Å². The van der Waals surface area contributed by atoms with Crippen LogP contribution in [0, 0.1) is 5.41 Å². The molecular formula is C12H16BrNO2S. The fourth-order valence-corrected chi connectivity index (χ4v) is 4.72. The fraction of sp³-hybridized carbons (Fsp3) is 0.500. The zero-order valence-electron chi connectivity index (χ0n) is 10.1. The van der Waals surface area contributed by atoms with Crippen LogP contribution < -0.4 is 5.32 Å². The molecule has 1 atom stereocenters. The van der Waals surface area contributed by atoms with Gasteiger partial charge in [-0.05, 0) is 23.6 Å². The van der Waals surface area contributed by atoms with E-state index in [1.165, 1.54) is 0 Å². The summed E-state index contributed by atoms with van der Waals surface area (Å²) in [6.07, 6.45) is 0. The van der Waals surface area contributed by atoms with Gasteiger partial charge in [0.1, 0.15) is 0 Å². The lowest BCUT2D eigenvalue weighted by atomic mass is 9.91. The standard InChI is InChI=1S/C12H16BrNO2S/c1-12(2,3)11-7-14-9-6-8(13)4-5-10(9)17(11,15)16/h4-6,11,14H,7H2,1-3H3. The number of nitrogens with one attached hydrogen (secondary N) is 1. The van der Waals surface area contributed by atoms with Crippen LogP contribution in [0.3, 0.4) is 0 Å². The van der Waals surface area contributed by atoms with E-state index >= 15 is 0 Å². The third kappa shape index (κ3) is 2.22. The predicted molar refractivity (Wildman–Crippen MR) is 73.1 cm³/mol. The molecule has 1 heterocycles. The molecule has 0 bridgehead atoms. The first-order valence-electron chi connectivity index (χ1n) is 5.50. The van der Waals surface area contributed by atoms with Gasteiger partial charge in [0.05, 0.1) is 15.8 Å². The largest absolute Gasteiger partial charge is 0.383 e. The lowest BCUT2D eigenvalue weighted by Crippen LogP contribution is -2.43. The molecule has 1 aromatic carbocycles. The Bertz CT molecular complexity index is 546. The number of fused-ring (bicyclic) bond motifs is 1. The quantitative estimate of drug-likeness (QED) is 0.800. The van der Waals surface area contributed by atoms with Gasteiger partial charge in [-0.25, -0.2) is 8.42 Å². The van der Waals surface area contributed by atoms with Crippen LogP contribution in [-0.2, 0) is 9.84 Å². The molecule has 0 saturated heterocycles. The van der Waals surface area contributed by atoms with Crippen LogP contribution in [0.5, 0.6) is 0 Å². The summed E-state index contributed by atoms with van der Waals surface area (Å²) in [7, 11) is -3.24. The third-order valence-corrected chi connectivity index (χ3v) is 6.15. The molecule has 1 unspecified atom stereocenters. The van der Waals surface area contributed by atoms with Gasteiger partial charge in [-0.3, -0.25) is 0 Å². The van der Waals surface area contributed by atoms with Gasteiger partial charge in [0, 0.05) is 11.0 Å². The summed E-state index contributed by atoms with van der Waals surface area (Å²) in [5.74, 6) is 0. The second kappa shape index (κ2) is 3.99. The smallest absolute Gasteiger partial charge is 0.185 e. The molecule has 5 heteroatoms. The van der Waals surface area contributed by atoms with Crippen LogP contribution in [0.15, 0.2) is 27.6 Å². The minimum Gasteiger partial charge on any atom is -0.383 e. The van der Waals surface area contributed by atoms with Crippen molar-refractivity contribution in [2.24, 2.45) is 5.41 Å². The fourth-order valence-electron chi connectivity index (χ4n) is 2.13. The molecule has 1 aromatic rings. The summed E-state index contributed by atoms with van der Waals surface area (Å²) < 4.78 is 25.9. The normalized spacial score (nSPS) is 22.7. The van der Waals surface area contributed by atoms with Crippen LogP contribution in [0.4, 0.5) is 5.69 Å². The van der Waals surface area contributed by atoms with Crippen molar-refractivity contribution < 1.29 is 8.42 Å². The molecule has 0 saturated carbocycles. The molecule has 0 spiro atoms. The maximum Gasteiger partial charge on any atom is 0.185 e. The van der Waals surface area contributed by atoms with Gasteiger partial charge in [-0.2, -0.15) is 0 Å². The second-order valence-corrected chi connectivity index (χ2v) is 8.44. The van der Waals surface area contributed by atoms with Crippen LogP contribution in [0.2, 0.25) is 0 Å². The van der Waals surface area contributed by atoms with E-state index in [0.717, 1.165) is 4.47 Å². The zero-order chi connectivity index (χ0) is 12.8. The monoisotopic (exact) mass is 317 g/mol. The summed E-state index contributed by atoms with van der Waals surface area (Å²) in [6.45, 7) is 6.34. The molecule has 0 fully saturated rings. The van der Waals surface area contributed by atoms with Crippen molar-refractivity contribution >= 4 is 31.5 Å². The topological polar surface area (TPSA) is 46.2 Å². The van der Waals surface area contributed by atoms with Gasteiger partial charge >= 0.3 is 0 Å². The maximum absolute atomic E-state index is 12.5. The highest BCUT2D eigenvalue weighted by molar-refractivity contribution is 9.10. The Morgan fingerprint density at radius 1 is 1.35 bits per heavy atom. The average molecular weight is 318 g/mol. The molecular weight excluding hydrogens is 302 g/mol. The van der Waals surface area contributed by atoms with E-state index in [1.54, 1.807) is 12.1 Å². The number of hydrogen-bond donors (Lipinski definition) is 1. The lowest BCUT2D eigenvalue weighted by molar-refractivity contribution is 0.382. The number of sulfone groups is 1. The number of halogens is 1. The Balaban J connectivity index is 2.57. The first kappa shape index (κ1) is 12.9. The molecule has 0 aromatic heterocycles. The Labute approximate surface area is 111 Å². The first-order valence-corrected chi connectivity index (χ1v) is 7.84. The number of hydrogen-bond acceptors (Lipinski definition) is 3. The molecule has 3 nitrogen and oxygen atoms in total. The van der Waals surface area contributed by atoms with Crippen LogP contribution in [0.25, 0.3) is 0 Å². The van der Waals surface area contributed by atoms with Gasteiger partial charge < -0.3 is 5.32 Å². The minimum atomic E-state index is -3.24. The molecule has 1 aliphatic rings. The molecule has 1 N–H and O–H groups in total. The van der Waals surface area contributed by atoms with E-state index in [4.69, 9.17) is 0 Å². The van der Waals surface area contributed by atoms with Crippen LogP contribution in [0.1, 0.15) is 20.8 Å². The van der Waals surface area contributed by atoms with Crippen molar-refractivity contribution in [3.05, 3.63) is 22.7 Å². The molecule has 0 amide bonds. The van der Waals surface area contributed by atoms with Crippen molar-refractivity contribution in [1.82, 2.24) is 0 Å². The molecule has 0 aliphatic carbocycles. The summed E-state index contributed by atoms with van der Waals surface area (Å²) in [6, 6.07) is 5.24. The summed E-state index contributed by atoms with van der Waals surface area (Å²) in [4.78, 5) is 0.409. The zero-order valence-corrected chi connectivity index (χ0v) is 12.5. The van der Waals surface area contributed by atoms with Gasteiger partial charge in [0.25, 0.3) is 0 Å². The Kier molecular flexibility index (Phi) is 3.02. The molecule has 1 aliphatic heterocycles. The summed E-state index contributed by atoms with van der Waals surface area (Å²) >= 11 is 3.35. The number of anilines is 1. The highest BCUT2D eigenvalue weighted by Gasteiger charge is 2.41. The highest BCUT2D eigenvalue weighted by atomic mass is 79.9. The van der Waals surface area contributed by atoms with Crippen molar-refractivity contribution in [3.8, 4) is 0 Å². The van der Waals surface area contributed by atoms with Gasteiger partial charge in [0.15, 0.2) is 9.84 Å². The molecule has 0 radical (unpaired) electrons. The van der Waals surface area contributed by atoms with Gasteiger partial charge in [0.2, 0.25) is 0 Å². The highest BCUT2D eigenvalue weighted by Crippen LogP contribution is 2.38. The number of benzene rings is 1. The maximum atomic E-state index is 12.5. The molecule has 2 rings (SSSR count). The van der Waals surface area contributed by atoms with E-state index in [1.807, 2.05) is 26.8 Å². The minimum absolute atomic E-state index is 0.267. The molecule has 17 heavy (non-hydrogen) atoms. The van der Waals surface area contributed by atoms with E-state index in [-0.39, 0.29) is 10.7 Å². The summed E-state index contributed by atoms with van der Waals surface area (Å²) in [5, 5.41) is 2.82. The van der Waals surface area contributed by atoms with Gasteiger partial charge in [-0.1, -0.05) is 36.7 Å². The molecule has 94 valence electrons. The van der Waals surface area contributed by atoms with Crippen molar-refractivity contribution in [1.29, 1.82) is 0 Å². The van der Waals surface area contributed by atoms with E-state index in [9.17, 15) is 8.42 Å². The Morgan fingerprint density at radius 3 is 2.59 bits per heavy atom. The third-order valence-electron chi connectivity index (χ3n) is 3.07.